The zero-order chi connectivity index (χ0) is 13.5. The van der Waals surface area contributed by atoms with E-state index in [1.165, 1.54) is 0 Å². The van der Waals surface area contributed by atoms with Crippen molar-refractivity contribution in [1.82, 2.24) is 15.2 Å². The van der Waals surface area contributed by atoms with Gasteiger partial charge in [-0.3, -0.25) is 9.89 Å². The Hall–Kier alpha value is -2.88. The number of hydrogen-bond donors (Lipinski definition) is 2. The summed E-state index contributed by atoms with van der Waals surface area (Å²) in [5.41, 5.74) is 4.43. The average Bonchev–Trinajstić information content (AvgIpc) is 3.09. The quantitative estimate of drug-likeness (QED) is 0.542. The first kappa shape index (κ1) is 11.0. The fourth-order valence-electron chi connectivity index (χ4n) is 2.52. The first-order valence-electron chi connectivity index (χ1n) is 6.36. The second-order valence-corrected chi connectivity index (χ2v) is 4.77. The first-order valence-corrected chi connectivity index (χ1v) is 6.36. The number of aromatic nitrogens is 3. The first-order chi connectivity index (χ1) is 9.85. The van der Waals surface area contributed by atoms with Crippen molar-refractivity contribution in [3.63, 3.8) is 0 Å². The lowest BCUT2D eigenvalue weighted by Gasteiger charge is -1.94. The number of fused-ring (bicyclic) bond motifs is 2. The highest BCUT2D eigenvalue weighted by Crippen LogP contribution is 2.28. The van der Waals surface area contributed by atoms with Crippen molar-refractivity contribution in [2.24, 2.45) is 0 Å². The van der Waals surface area contributed by atoms with Crippen molar-refractivity contribution in [1.29, 1.82) is 0 Å². The van der Waals surface area contributed by atoms with Gasteiger partial charge in [-0.15, -0.1) is 0 Å². The monoisotopic (exact) mass is 261 g/mol. The van der Waals surface area contributed by atoms with Gasteiger partial charge in [0.2, 0.25) is 0 Å². The lowest BCUT2D eigenvalue weighted by atomic mass is 10.1. The van der Waals surface area contributed by atoms with Crippen LogP contribution in [0, 0.1) is 0 Å². The van der Waals surface area contributed by atoms with E-state index in [-0.39, 0.29) is 0 Å². The maximum atomic E-state index is 10.8. The Balaban J connectivity index is 1.95. The molecular weight excluding hydrogens is 250 g/mol. The largest absolute Gasteiger partial charge is 0.353 e. The molecule has 0 spiro atoms. The molecule has 4 rings (SSSR count). The summed E-state index contributed by atoms with van der Waals surface area (Å²) in [6.07, 6.45) is 0.836. The third-order valence-corrected chi connectivity index (χ3v) is 3.51. The fraction of sp³-hybridized carbons (Fsp3) is 0. The van der Waals surface area contributed by atoms with Gasteiger partial charge in [-0.1, -0.05) is 24.3 Å². The van der Waals surface area contributed by atoms with Crippen molar-refractivity contribution in [3.8, 4) is 11.4 Å². The van der Waals surface area contributed by atoms with Crippen molar-refractivity contribution in [2.45, 2.75) is 0 Å². The minimum absolute atomic E-state index is 0.643. The number of carbonyl (C=O) groups is 1. The summed E-state index contributed by atoms with van der Waals surface area (Å²) in [5.74, 6) is 0. The molecule has 2 aromatic carbocycles. The van der Waals surface area contributed by atoms with Crippen LogP contribution in [-0.4, -0.2) is 21.5 Å². The zero-order valence-corrected chi connectivity index (χ0v) is 10.6. The van der Waals surface area contributed by atoms with Gasteiger partial charge >= 0.3 is 0 Å². The Bertz CT molecular complexity index is 900. The Morgan fingerprint density at radius 1 is 1.00 bits per heavy atom. The third-order valence-electron chi connectivity index (χ3n) is 3.51. The molecule has 0 fully saturated rings. The Morgan fingerprint density at radius 3 is 2.75 bits per heavy atom. The fourth-order valence-corrected chi connectivity index (χ4v) is 2.52. The standard InChI is InChI=1S/C16H11N3O/c20-9-10-5-6-12-14(7-10)18-19-16(12)15-8-11-3-1-2-4-13(11)17-15/h1-9,17H,(H,18,19). The Labute approximate surface area is 114 Å². The maximum Gasteiger partial charge on any atom is 0.150 e. The second-order valence-electron chi connectivity index (χ2n) is 4.77. The van der Waals surface area contributed by atoms with Crippen LogP contribution in [0.2, 0.25) is 0 Å². The molecule has 0 bridgehead atoms. The average molecular weight is 261 g/mol. The molecule has 4 nitrogen and oxygen atoms in total. The lowest BCUT2D eigenvalue weighted by Crippen LogP contribution is -1.79. The van der Waals surface area contributed by atoms with Crippen LogP contribution in [0.4, 0.5) is 0 Å². The van der Waals surface area contributed by atoms with Crippen LogP contribution in [0.15, 0.2) is 48.5 Å². The van der Waals surface area contributed by atoms with Crippen molar-refractivity contribution < 1.29 is 4.79 Å². The number of carbonyl (C=O) groups excluding carboxylic acids is 1. The summed E-state index contributed by atoms with van der Waals surface area (Å²) in [4.78, 5) is 14.2. The number of H-pyrrole nitrogens is 2. The van der Waals surface area contributed by atoms with E-state index in [2.05, 4.69) is 27.3 Å². The van der Waals surface area contributed by atoms with E-state index < -0.39 is 0 Å². The normalized spacial score (nSPS) is 11.2. The van der Waals surface area contributed by atoms with Crippen molar-refractivity contribution in [3.05, 3.63) is 54.1 Å². The number of hydrogen-bond acceptors (Lipinski definition) is 2. The zero-order valence-electron chi connectivity index (χ0n) is 10.6. The van der Waals surface area contributed by atoms with Gasteiger partial charge in [0.1, 0.15) is 12.0 Å². The van der Waals surface area contributed by atoms with Gasteiger partial charge in [0.05, 0.1) is 11.2 Å². The van der Waals surface area contributed by atoms with Crippen LogP contribution < -0.4 is 0 Å². The molecule has 4 heteroatoms. The molecule has 2 N–H and O–H groups in total. The number of nitrogens with one attached hydrogen (secondary N) is 2. The van der Waals surface area contributed by atoms with Gasteiger partial charge < -0.3 is 4.98 Å². The molecule has 0 atom stereocenters. The van der Waals surface area contributed by atoms with Gasteiger partial charge in [0.15, 0.2) is 0 Å². The summed E-state index contributed by atoms with van der Waals surface area (Å²) >= 11 is 0. The third kappa shape index (κ3) is 1.55. The molecule has 2 aromatic heterocycles. The van der Waals surface area contributed by atoms with E-state index in [0.29, 0.717) is 5.56 Å². The van der Waals surface area contributed by atoms with E-state index in [9.17, 15) is 4.79 Å². The molecule has 4 aromatic rings. The van der Waals surface area contributed by atoms with Gasteiger partial charge in [0.25, 0.3) is 0 Å². The molecule has 0 aliphatic carbocycles. The predicted octanol–water partition coefficient (Wildman–Crippen LogP) is 3.52. The number of para-hydroxylation sites is 1. The highest BCUT2D eigenvalue weighted by Gasteiger charge is 2.10. The van der Waals surface area contributed by atoms with Crippen LogP contribution >= 0.6 is 0 Å². The van der Waals surface area contributed by atoms with Gasteiger partial charge in [-0.05, 0) is 24.3 Å². The van der Waals surface area contributed by atoms with E-state index in [1.54, 1.807) is 6.07 Å². The summed E-state index contributed by atoms with van der Waals surface area (Å²) in [6, 6.07) is 15.7. The number of aldehydes is 1. The summed E-state index contributed by atoms with van der Waals surface area (Å²) in [6.45, 7) is 0. The van der Waals surface area contributed by atoms with E-state index in [0.717, 1.165) is 39.5 Å². The summed E-state index contributed by atoms with van der Waals surface area (Å²) in [5, 5.41) is 9.50. The molecule has 0 radical (unpaired) electrons. The van der Waals surface area contributed by atoms with E-state index in [4.69, 9.17) is 0 Å². The number of aromatic amines is 2. The molecule has 20 heavy (non-hydrogen) atoms. The highest BCUT2D eigenvalue weighted by molar-refractivity contribution is 5.97. The van der Waals surface area contributed by atoms with Crippen molar-refractivity contribution in [2.75, 3.05) is 0 Å². The molecule has 0 unspecified atom stereocenters. The van der Waals surface area contributed by atoms with Crippen molar-refractivity contribution >= 4 is 28.1 Å². The Morgan fingerprint density at radius 2 is 1.90 bits per heavy atom. The summed E-state index contributed by atoms with van der Waals surface area (Å²) in [7, 11) is 0. The topological polar surface area (TPSA) is 61.5 Å². The van der Waals surface area contributed by atoms with Crippen LogP contribution in [0.5, 0.6) is 0 Å². The molecule has 96 valence electrons. The minimum Gasteiger partial charge on any atom is -0.353 e. The summed E-state index contributed by atoms with van der Waals surface area (Å²) < 4.78 is 0. The molecule has 0 aliphatic heterocycles. The van der Waals surface area contributed by atoms with E-state index >= 15 is 0 Å². The van der Waals surface area contributed by atoms with Crippen LogP contribution in [0.1, 0.15) is 10.4 Å². The number of nitrogens with zero attached hydrogens (tertiary/aromatic N) is 1. The highest BCUT2D eigenvalue weighted by atomic mass is 16.1. The molecular formula is C16H11N3O. The molecule has 0 saturated carbocycles. The van der Waals surface area contributed by atoms with Crippen LogP contribution in [-0.2, 0) is 0 Å². The Kier molecular flexibility index (Phi) is 2.23. The van der Waals surface area contributed by atoms with E-state index in [1.807, 2.05) is 30.3 Å². The number of rotatable bonds is 2. The molecule has 0 saturated heterocycles. The molecule has 0 aliphatic rings. The lowest BCUT2D eigenvalue weighted by molar-refractivity contribution is 0.112. The molecule has 0 amide bonds. The smallest absolute Gasteiger partial charge is 0.150 e. The van der Waals surface area contributed by atoms with Gasteiger partial charge in [0, 0.05) is 21.9 Å². The predicted molar refractivity (Wildman–Crippen MR) is 78.8 cm³/mol. The van der Waals surface area contributed by atoms with Crippen LogP contribution in [0.25, 0.3) is 33.2 Å². The van der Waals surface area contributed by atoms with Crippen LogP contribution in [0.3, 0.4) is 0 Å². The molecule has 2 heterocycles. The number of benzene rings is 2. The second kappa shape index (κ2) is 4.06. The van der Waals surface area contributed by atoms with Gasteiger partial charge in [-0.25, -0.2) is 0 Å². The van der Waals surface area contributed by atoms with Gasteiger partial charge in [-0.2, -0.15) is 5.10 Å². The SMILES string of the molecule is O=Cc1ccc2c(-c3cc4ccccc4[nH]3)n[nH]c2c1. The minimum atomic E-state index is 0.643. The maximum absolute atomic E-state index is 10.8.